The number of aliphatic carboxylic acids is 1. The van der Waals surface area contributed by atoms with Gasteiger partial charge in [0.15, 0.2) is 0 Å². The summed E-state index contributed by atoms with van der Waals surface area (Å²) >= 11 is 1.46. The molecule has 1 heterocycles. The topological polar surface area (TPSA) is 105 Å². The summed E-state index contributed by atoms with van der Waals surface area (Å²) in [6.07, 6.45) is 5.95. The normalized spacial score (nSPS) is 18.9. The minimum Gasteiger partial charge on any atom is -0.480 e. The highest BCUT2D eigenvalue weighted by molar-refractivity contribution is 7.17. The molecule has 2 aliphatic rings. The van der Waals surface area contributed by atoms with Crippen LogP contribution in [0.2, 0.25) is 0 Å². The average molecular weight is 380 g/mol. The number of anilines is 1. The van der Waals surface area contributed by atoms with Gasteiger partial charge in [-0.15, -0.1) is 11.3 Å². The van der Waals surface area contributed by atoms with E-state index in [0.29, 0.717) is 16.5 Å². The van der Waals surface area contributed by atoms with Crippen LogP contribution in [0.3, 0.4) is 0 Å². The van der Waals surface area contributed by atoms with Gasteiger partial charge in [-0.3, -0.25) is 9.59 Å². The van der Waals surface area contributed by atoms with Crippen molar-refractivity contribution in [2.45, 2.75) is 51.5 Å². The summed E-state index contributed by atoms with van der Waals surface area (Å²) in [5, 5.41) is 14.9. The lowest BCUT2D eigenvalue weighted by molar-refractivity contribution is -0.143. The molecule has 26 heavy (non-hydrogen) atoms. The van der Waals surface area contributed by atoms with Gasteiger partial charge in [-0.2, -0.15) is 0 Å². The molecule has 0 aromatic carbocycles. The maximum Gasteiger partial charge on any atom is 0.329 e. The van der Waals surface area contributed by atoms with Crippen molar-refractivity contribution < 1.29 is 24.2 Å². The fourth-order valence-electron chi connectivity index (χ4n) is 3.21. The van der Waals surface area contributed by atoms with Gasteiger partial charge in [0.05, 0.1) is 5.56 Å². The molecule has 0 aliphatic heterocycles. The second kappa shape index (κ2) is 8.18. The number of thiophene rings is 1. The molecule has 3 N–H and O–H groups in total. The molecule has 0 saturated heterocycles. The second-order valence-electron chi connectivity index (χ2n) is 6.91. The Morgan fingerprint density at radius 1 is 1.23 bits per heavy atom. The Hall–Kier alpha value is -1.93. The molecule has 1 saturated carbocycles. The predicted octanol–water partition coefficient (Wildman–Crippen LogP) is 2.19. The largest absolute Gasteiger partial charge is 0.480 e. The van der Waals surface area contributed by atoms with Crippen molar-refractivity contribution >= 4 is 34.1 Å². The van der Waals surface area contributed by atoms with Gasteiger partial charge in [0, 0.05) is 10.9 Å². The number of fused-ring (bicyclic) bond motifs is 1. The van der Waals surface area contributed by atoms with Crippen LogP contribution in [0.5, 0.6) is 0 Å². The van der Waals surface area contributed by atoms with Gasteiger partial charge >= 0.3 is 5.97 Å². The van der Waals surface area contributed by atoms with E-state index in [2.05, 4.69) is 17.6 Å². The van der Waals surface area contributed by atoms with Gasteiger partial charge in [-0.05, 0) is 43.6 Å². The molecular weight excluding hydrogens is 356 g/mol. The number of carboxylic acids is 1. The van der Waals surface area contributed by atoms with Gasteiger partial charge in [0.1, 0.15) is 18.2 Å². The van der Waals surface area contributed by atoms with E-state index < -0.39 is 18.5 Å². The number of hydrogen-bond donors (Lipinski definition) is 3. The van der Waals surface area contributed by atoms with Crippen LogP contribution in [-0.4, -0.2) is 42.1 Å². The van der Waals surface area contributed by atoms with Gasteiger partial charge in [-0.1, -0.05) is 13.3 Å². The van der Waals surface area contributed by atoms with Gasteiger partial charge in [-0.25, -0.2) is 4.79 Å². The Kier molecular flexibility index (Phi) is 5.93. The first kappa shape index (κ1) is 18.8. The van der Waals surface area contributed by atoms with E-state index in [1.165, 1.54) is 16.2 Å². The number of carboxylic acid groups (broad SMARTS) is 1. The molecule has 1 aromatic heterocycles. The SMILES string of the molecule is CC[C@H]1CCc2c(sc(NC(=O)COCC(=O)O)c2C(=O)NC2CC2)C1. The maximum absolute atomic E-state index is 12.7. The van der Waals surface area contributed by atoms with Crippen molar-refractivity contribution in [1.29, 1.82) is 0 Å². The van der Waals surface area contributed by atoms with E-state index in [9.17, 15) is 14.4 Å². The van der Waals surface area contributed by atoms with Crippen LogP contribution in [0.15, 0.2) is 0 Å². The third-order valence-corrected chi connectivity index (χ3v) is 5.97. The van der Waals surface area contributed by atoms with E-state index in [1.54, 1.807) is 0 Å². The summed E-state index contributed by atoms with van der Waals surface area (Å²) in [5.74, 6) is -1.08. The Morgan fingerprint density at radius 3 is 2.65 bits per heavy atom. The Morgan fingerprint density at radius 2 is 2.00 bits per heavy atom. The summed E-state index contributed by atoms with van der Waals surface area (Å²) in [4.78, 5) is 36.5. The van der Waals surface area contributed by atoms with Crippen LogP contribution in [0.1, 0.15) is 53.4 Å². The molecular formula is C18H24N2O5S. The molecule has 3 rings (SSSR count). The number of hydrogen-bond acceptors (Lipinski definition) is 5. The zero-order valence-electron chi connectivity index (χ0n) is 14.8. The van der Waals surface area contributed by atoms with Gasteiger partial charge < -0.3 is 20.5 Å². The molecule has 0 unspecified atom stereocenters. The highest BCUT2D eigenvalue weighted by atomic mass is 32.1. The number of carbonyl (C=O) groups is 3. The molecule has 0 radical (unpaired) electrons. The van der Waals surface area contributed by atoms with E-state index in [0.717, 1.165) is 44.1 Å². The third kappa shape index (κ3) is 4.62. The zero-order chi connectivity index (χ0) is 18.7. The molecule has 2 amide bonds. The van der Waals surface area contributed by atoms with E-state index in [1.807, 2.05) is 0 Å². The monoisotopic (exact) mass is 380 g/mol. The summed E-state index contributed by atoms with van der Waals surface area (Å²) < 4.78 is 4.83. The molecule has 142 valence electrons. The predicted molar refractivity (Wildman–Crippen MR) is 97.7 cm³/mol. The molecule has 7 nitrogen and oxygen atoms in total. The summed E-state index contributed by atoms with van der Waals surface area (Å²) in [7, 11) is 0. The Labute approximate surface area is 156 Å². The van der Waals surface area contributed by atoms with Crippen molar-refractivity contribution in [3.8, 4) is 0 Å². The van der Waals surface area contributed by atoms with Gasteiger partial charge in [0.2, 0.25) is 0 Å². The van der Waals surface area contributed by atoms with E-state index in [4.69, 9.17) is 9.84 Å². The first-order valence-corrected chi connectivity index (χ1v) is 9.84. The first-order valence-electron chi connectivity index (χ1n) is 9.02. The van der Waals surface area contributed by atoms with Crippen molar-refractivity contribution in [1.82, 2.24) is 5.32 Å². The number of amides is 2. The molecule has 2 aliphatic carbocycles. The number of carbonyl (C=O) groups excluding carboxylic acids is 2. The van der Waals surface area contributed by atoms with Crippen LogP contribution in [0.25, 0.3) is 0 Å². The number of ether oxygens (including phenoxy) is 1. The standard InChI is InChI=1S/C18H24N2O5S/c1-2-10-3-6-12-13(7-10)26-18(16(12)17(24)19-11-4-5-11)20-14(21)8-25-9-15(22)23/h10-11H,2-9H2,1H3,(H,19,24)(H,20,21)(H,22,23)/t10-/m0/s1. The fourth-order valence-corrected chi connectivity index (χ4v) is 4.59. The van der Waals surface area contributed by atoms with Crippen LogP contribution < -0.4 is 10.6 Å². The molecule has 1 aromatic rings. The molecule has 1 fully saturated rings. The number of nitrogens with one attached hydrogen (secondary N) is 2. The zero-order valence-corrected chi connectivity index (χ0v) is 15.6. The highest BCUT2D eigenvalue weighted by Crippen LogP contribution is 2.40. The first-order chi connectivity index (χ1) is 12.5. The lowest BCUT2D eigenvalue weighted by Gasteiger charge is -2.21. The lowest BCUT2D eigenvalue weighted by Crippen LogP contribution is -2.28. The highest BCUT2D eigenvalue weighted by Gasteiger charge is 2.31. The smallest absolute Gasteiger partial charge is 0.329 e. The maximum atomic E-state index is 12.7. The van der Waals surface area contributed by atoms with Crippen molar-refractivity contribution in [2.75, 3.05) is 18.5 Å². The summed E-state index contributed by atoms with van der Waals surface area (Å²) in [6, 6.07) is 0.243. The minimum absolute atomic E-state index is 0.123. The van der Waals surface area contributed by atoms with Crippen molar-refractivity contribution in [2.24, 2.45) is 5.92 Å². The quantitative estimate of drug-likeness (QED) is 0.641. The number of rotatable bonds is 8. The second-order valence-corrected chi connectivity index (χ2v) is 8.01. The van der Waals surface area contributed by atoms with E-state index in [-0.39, 0.29) is 18.6 Å². The lowest BCUT2D eigenvalue weighted by atomic mass is 9.85. The third-order valence-electron chi connectivity index (χ3n) is 4.80. The van der Waals surface area contributed by atoms with Crippen LogP contribution in [-0.2, 0) is 27.2 Å². The fraction of sp³-hybridized carbons (Fsp3) is 0.611. The molecule has 8 heteroatoms. The summed E-state index contributed by atoms with van der Waals surface area (Å²) in [6.45, 7) is 1.30. The molecule has 1 atom stereocenters. The van der Waals surface area contributed by atoms with Gasteiger partial charge in [0.25, 0.3) is 11.8 Å². The van der Waals surface area contributed by atoms with Crippen molar-refractivity contribution in [3.63, 3.8) is 0 Å². The van der Waals surface area contributed by atoms with Crippen LogP contribution in [0, 0.1) is 5.92 Å². The molecule has 0 bridgehead atoms. The summed E-state index contributed by atoms with van der Waals surface area (Å²) in [5.41, 5.74) is 1.64. The van der Waals surface area contributed by atoms with Crippen LogP contribution in [0.4, 0.5) is 5.00 Å². The Bertz CT molecular complexity index is 711. The van der Waals surface area contributed by atoms with E-state index >= 15 is 0 Å². The Balaban J connectivity index is 1.76. The minimum atomic E-state index is -1.13. The van der Waals surface area contributed by atoms with Crippen molar-refractivity contribution in [3.05, 3.63) is 16.0 Å². The molecule has 0 spiro atoms. The van der Waals surface area contributed by atoms with Crippen LogP contribution >= 0.6 is 11.3 Å². The average Bonchev–Trinajstić information content (AvgIpc) is 3.32.